The lowest BCUT2D eigenvalue weighted by atomic mass is 10.1. The van der Waals surface area contributed by atoms with Gasteiger partial charge in [-0.3, -0.25) is 0 Å². The first-order valence-electron chi connectivity index (χ1n) is 7.47. The van der Waals surface area contributed by atoms with Gasteiger partial charge in [0.1, 0.15) is 12.7 Å². The van der Waals surface area contributed by atoms with Crippen LogP contribution in [0.15, 0.2) is 48.5 Å². The minimum atomic E-state index is -0.516. The van der Waals surface area contributed by atoms with E-state index in [0.717, 1.165) is 11.1 Å². The minimum Gasteiger partial charge on any atom is -0.458 e. The molecule has 0 aliphatic rings. The Morgan fingerprint density at radius 2 is 1.26 bits per heavy atom. The molecule has 0 radical (unpaired) electrons. The monoisotopic (exact) mass is 312 g/mol. The molecule has 0 spiro atoms. The van der Waals surface area contributed by atoms with Gasteiger partial charge in [-0.05, 0) is 45.0 Å². The Kier molecular flexibility index (Phi) is 5.52. The number of rotatable bonds is 5. The van der Waals surface area contributed by atoms with Gasteiger partial charge in [0.2, 0.25) is 0 Å². The molecule has 120 valence electrons. The van der Waals surface area contributed by atoms with Crippen LogP contribution in [0.2, 0.25) is 0 Å². The van der Waals surface area contributed by atoms with E-state index in [1.54, 1.807) is 31.2 Å². The van der Waals surface area contributed by atoms with Gasteiger partial charge in [0, 0.05) is 0 Å². The van der Waals surface area contributed by atoms with Crippen LogP contribution in [-0.2, 0) is 9.47 Å². The van der Waals surface area contributed by atoms with Crippen LogP contribution in [0.5, 0.6) is 0 Å². The van der Waals surface area contributed by atoms with Gasteiger partial charge >= 0.3 is 11.9 Å². The van der Waals surface area contributed by atoms with Gasteiger partial charge in [-0.15, -0.1) is 0 Å². The Morgan fingerprint density at radius 3 is 1.74 bits per heavy atom. The van der Waals surface area contributed by atoms with Crippen LogP contribution in [0.25, 0.3) is 0 Å². The molecule has 0 bridgehead atoms. The molecule has 2 aromatic carbocycles. The number of hydrogen-bond donors (Lipinski definition) is 0. The number of carbonyl (C=O) groups excluding carboxylic acids is 2. The van der Waals surface area contributed by atoms with Crippen LogP contribution in [0.3, 0.4) is 0 Å². The molecule has 0 aromatic heterocycles. The lowest BCUT2D eigenvalue weighted by molar-refractivity contribution is 0.00448. The summed E-state index contributed by atoms with van der Waals surface area (Å²) in [5.74, 6) is -0.855. The predicted molar refractivity (Wildman–Crippen MR) is 87.5 cm³/mol. The van der Waals surface area contributed by atoms with E-state index in [1.165, 1.54) is 0 Å². The fraction of sp³-hybridized carbons (Fsp3) is 0.263. The molecular formula is C19H20O4. The number of aryl methyl sites for hydroxylation is 2. The van der Waals surface area contributed by atoms with Gasteiger partial charge in [-0.1, -0.05) is 35.4 Å². The fourth-order valence-corrected chi connectivity index (χ4v) is 1.94. The molecule has 0 saturated heterocycles. The Labute approximate surface area is 136 Å². The normalized spacial score (nSPS) is 11.6. The predicted octanol–water partition coefficient (Wildman–Crippen LogP) is 3.71. The Morgan fingerprint density at radius 1 is 0.826 bits per heavy atom. The first-order valence-corrected chi connectivity index (χ1v) is 7.47. The van der Waals surface area contributed by atoms with Crippen molar-refractivity contribution < 1.29 is 19.1 Å². The molecule has 0 heterocycles. The van der Waals surface area contributed by atoms with Gasteiger partial charge < -0.3 is 9.47 Å². The van der Waals surface area contributed by atoms with E-state index in [1.807, 2.05) is 38.1 Å². The molecular weight excluding hydrogens is 292 g/mol. The molecule has 2 rings (SSSR count). The second-order valence-electron chi connectivity index (χ2n) is 5.55. The average molecular weight is 312 g/mol. The Bertz CT molecular complexity index is 672. The van der Waals surface area contributed by atoms with Crippen LogP contribution in [-0.4, -0.2) is 24.6 Å². The number of ether oxygens (including phenoxy) is 2. The van der Waals surface area contributed by atoms with Gasteiger partial charge in [-0.2, -0.15) is 0 Å². The minimum absolute atomic E-state index is 0.0182. The van der Waals surface area contributed by atoms with E-state index in [2.05, 4.69) is 0 Å². The molecule has 1 atom stereocenters. The standard InChI is InChI=1S/C19H20O4/c1-13-4-8-16(9-5-13)18(20)22-12-15(3)23-19(21)17-10-6-14(2)7-11-17/h4-11,15H,12H2,1-3H3. The van der Waals surface area contributed by atoms with E-state index in [0.29, 0.717) is 11.1 Å². The van der Waals surface area contributed by atoms with Crippen LogP contribution in [0, 0.1) is 13.8 Å². The molecule has 0 fully saturated rings. The van der Waals surface area contributed by atoms with Crippen LogP contribution < -0.4 is 0 Å². The van der Waals surface area contributed by atoms with Crippen molar-refractivity contribution in [3.63, 3.8) is 0 Å². The molecule has 4 heteroatoms. The smallest absolute Gasteiger partial charge is 0.338 e. The van der Waals surface area contributed by atoms with Crippen LogP contribution in [0.4, 0.5) is 0 Å². The van der Waals surface area contributed by atoms with Crippen molar-refractivity contribution >= 4 is 11.9 Å². The highest BCUT2D eigenvalue weighted by atomic mass is 16.6. The summed E-state index contributed by atoms with van der Waals surface area (Å²) >= 11 is 0. The number of esters is 2. The molecule has 0 N–H and O–H groups in total. The second kappa shape index (κ2) is 7.58. The molecule has 2 aromatic rings. The van der Waals surface area contributed by atoms with Gasteiger partial charge in [0.25, 0.3) is 0 Å². The third-order valence-corrected chi connectivity index (χ3v) is 3.33. The quantitative estimate of drug-likeness (QED) is 0.790. The zero-order valence-electron chi connectivity index (χ0n) is 13.5. The maximum atomic E-state index is 12.0. The highest BCUT2D eigenvalue weighted by Gasteiger charge is 2.14. The summed E-state index contributed by atoms with van der Waals surface area (Å²) in [6, 6.07) is 14.2. The molecule has 0 saturated carbocycles. The summed E-state index contributed by atoms with van der Waals surface area (Å²) in [7, 11) is 0. The maximum absolute atomic E-state index is 12.0. The highest BCUT2D eigenvalue weighted by Crippen LogP contribution is 2.08. The summed E-state index contributed by atoms with van der Waals surface area (Å²) in [4.78, 5) is 23.8. The van der Waals surface area contributed by atoms with Crippen molar-refractivity contribution in [3.8, 4) is 0 Å². The molecule has 0 aliphatic carbocycles. The van der Waals surface area contributed by atoms with E-state index in [-0.39, 0.29) is 6.61 Å². The van der Waals surface area contributed by atoms with E-state index < -0.39 is 18.0 Å². The maximum Gasteiger partial charge on any atom is 0.338 e. The number of benzene rings is 2. The van der Waals surface area contributed by atoms with Crippen LogP contribution >= 0.6 is 0 Å². The van der Waals surface area contributed by atoms with Crippen molar-refractivity contribution in [2.24, 2.45) is 0 Å². The van der Waals surface area contributed by atoms with E-state index in [4.69, 9.17) is 9.47 Å². The summed E-state index contributed by atoms with van der Waals surface area (Å²) in [5.41, 5.74) is 3.10. The lowest BCUT2D eigenvalue weighted by Crippen LogP contribution is -2.22. The SMILES string of the molecule is Cc1ccc(C(=O)OCC(C)OC(=O)c2ccc(C)cc2)cc1. The third-order valence-electron chi connectivity index (χ3n) is 3.33. The van der Waals surface area contributed by atoms with Crippen molar-refractivity contribution in [2.75, 3.05) is 6.61 Å². The average Bonchev–Trinajstić information content (AvgIpc) is 2.54. The summed E-state index contributed by atoms with van der Waals surface area (Å²) in [6.45, 7) is 5.60. The van der Waals surface area contributed by atoms with Crippen LogP contribution in [0.1, 0.15) is 38.8 Å². The fourth-order valence-electron chi connectivity index (χ4n) is 1.94. The van der Waals surface area contributed by atoms with E-state index in [9.17, 15) is 9.59 Å². The third kappa shape index (κ3) is 4.95. The summed E-state index contributed by atoms with van der Waals surface area (Å²) in [5, 5.41) is 0. The van der Waals surface area contributed by atoms with Gasteiger partial charge in [-0.25, -0.2) is 9.59 Å². The Hall–Kier alpha value is -2.62. The zero-order chi connectivity index (χ0) is 16.8. The zero-order valence-corrected chi connectivity index (χ0v) is 13.5. The largest absolute Gasteiger partial charge is 0.458 e. The second-order valence-corrected chi connectivity index (χ2v) is 5.55. The highest BCUT2D eigenvalue weighted by molar-refractivity contribution is 5.90. The first-order chi connectivity index (χ1) is 11.0. The molecule has 23 heavy (non-hydrogen) atoms. The summed E-state index contributed by atoms with van der Waals surface area (Å²) in [6.07, 6.45) is -0.516. The van der Waals surface area contributed by atoms with Crippen molar-refractivity contribution in [1.82, 2.24) is 0 Å². The molecule has 4 nitrogen and oxygen atoms in total. The summed E-state index contributed by atoms with van der Waals surface area (Å²) < 4.78 is 10.4. The topological polar surface area (TPSA) is 52.6 Å². The lowest BCUT2D eigenvalue weighted by Gasteiger charge is -2.14. The Balaban J connectivity index is 1.83. The number of hydrogen-bond acceptors (Lipinski definition) is 4. The number of carbonyl (C=O) groups is 2. The van der Waals surface area contributed by atoms with Crippen molar-refractivity contribution in [2.45, 2.75) is 26.9 Å². The molecule has 0 aliphatic heterocycles. The molecule has 1 unspecified atom stereocenters. The molecule has 0 amide bonds. The van der Waals surface area contributed by atoms with E-state index >= 15 is 0 Å². The van der Waals surface area contributed by atoms with Gasteiger partial charge in [0.05, 0.1) is 11.1 Å². The van der Waals surface area contributed by atoms with Gasteiger partial charge in [0.15, 0.2) is 0 Å². The first kappa shape index (κ1) is 16.7. The van der Waals surface area contributed by atoms with Crippen molar-refractivity contribution in [3.05, 3.63) is 70.8 Å². The van der Waals surface area contributed by atoms with Crippen molar-refractivity contribution in [1.29, 1.82) is 0 Å².